The highest BCUT2D eigenvalue weighted by Gasteiger charge is 2.25. The minimum atomic E-state index is 0.153. The summed E-state index contributed by atoms with van der Waals surface area (Å²) in [6.45, 7) is 7.23. The van der Waals surface area contributed by atoms with Crippen LogP contribution < -0.4 is 10.2 Å². The second-order valence-electron chi connectivity index (χ2n) is 5.78. The van der Waals surface area contributed by atoms with E-state index in [2.05, 4.69) is 17.3 Å². The predicted octanol–water partition coefficient (Wildman–Crippen LogP) is 1.56. The number of hydrogen-bond acceptors (Lipinski definition) is 6. The summed E-state index contributed by atoms with van der Waals surface area (Å²) in [6, 6.07) is 3.82. The summed E-state index contributed by atoms with van der Waals surface area (Å²) in [4.78, 5) is 16.6. The molecule has 130 valence electrons. The molecule has 1 amide bonds. The van der Waals surface area contributed by atoms with Gasteiger partial charge in [0.1, 0.15) is 0 Å². The highest BCUT2D eigenvalue weighted by Crippen LogP contribution is 2.14. The number of anilines is 1. The van der Waals surface area contributed by atoms with Gasteiger partial charge in [-0.3, -0.25) is 4.79 Å². The largest absolute Gasteiger partial charge is 0.360 e. The fourth-order valence-corrected chi connectivity index (χ4v) is 4.38. The molecule has 0 bridgehead atoms. The van der Waals surface area contributed by atoms with Crippen LogP contribution in [-0.2, 0) is 6.67 Å². The van der Waals surface area contributed by atoms with E-state index in [1.54, 1.807) is 0 Å². The average molecular weight is 385 g/mol. The van der Waals surface area contributed by atoms with E-state index >= 15 is 0 Å². The monoisotopic (exact) mass is 384 g/mol. The van der Waals surface area contributed by atoms with Crippen molar-refractivity contribution < 1.29 is 9.69 Å². The van der Waals surface area contributed by atoms with Crippen molar-refractivity contribution in [1.82, 2.24) is 14.7 Å². The van der Waals surface area contributed by atoms with Crippen molar-refractivity contribution in [2.75, 3.05) is 38.0 Å². The molecule has 0 radical (unpaired) electrons. The molecule has 2 N–H and O–H groups in total. The van der Waals surface area contributed by atoms with Crippen LogP contribution in [0.3, 0.4) is 0 Å². The van der Waals surface area contributed by atoms with E-state index < -0.39 is 0 Å². The normalized spacial score (nSPS) is 15.6. The van der Waals surface area contributed by atoms with Crippen molar-refractivity contribution in [2.24, 2.45) is 0 Å². The maximum atomic E-state index is 12.4. The van der Waals surface area contributed by atoms with Crippen molar-refractivity contribution >= 4 is 45.9 Å². The van der Waals surface area contributed by atoms with Gasteiger partial charge in [0, 0.05) is 6.54 Å². The number of nitrogens with one attached hydrogen (secondary N) is 2. The molecule has 1 fully saturated rings. The van der Waals surface area contributed by atoms with E-state index in [0.29, 0.717) is 0 Å². The minimum Gasteiger partial charge on any atom is -0.360 e. The summed E-state index contributed by atoms with van der Waals surface area (Å²) in [6.07, 6.45) is 1.07. The van der Waals surface area contributed by atoms with E-state index in [0.717, 1.165) is 59.8 Å². The molecule has 2 aromatic rings. The highest BCUT2D eigenvalue weighted by molar-refractivity contribution is 7.73. The molecule has 0 aliphatic carbocycles. The smallest absolute Gasteiger partial charge is 0.264 e. The molecule has 0 unspecified atom stereocenters. The number of aromatic nitrogens is 2. The van der Waals surface area contributed by atoms with Crippen LogP contribution in [0.5, 0.6) is 0 Å². The number of carbonyl (C=O) groups is 1. The van der Waals surface area contributed by atoms with Gasteiger partial charge >= 0.3 is 0 Å². The highest BCUT2D eigenvalue weighted by atomic mass is 32.1. The van der Waals surface area contributed by atoms with Crippen LogP contribution in [0.2, 0.25) is 0 Å². The number of hydrogen-bond donors (Lipinski definition) is 2. The first-order chi connectivity index (χ1) is 11.7. The molecule has 9 heteroatoms. The number of nitrogens with zero attached hydrogens (tertiary/aromatic N) is 3. The number of rotatable bonds is 6. The van der Waals surface area contributed by atoms with Gasteiger partial charge in [-0.25, -0.2) is 0 Å². The molecule has 24 heavy (non-hydrogen) atoms. The van der Waals surface area contributed by atoms with E-state index in [4.69, 9.17) is 12.2 Å². The fraction of sp³-hybridized carbons (Fsp3) is 0.533. The Balaban J connectivity index is 1.53. The first-order valence-corrected chi connectivity index (χ1v) is 10.3. The van der Waals surface area contributed by atoms with Gasteiger partial charge in [0.15, 0.2) is 10.6 Å². The molecule has 0 aromatic carbocycles. The molecule has 1 saturated heterocycles. The van der Waals surface area contributed by atoms with Crippen LogP contribution in [0.15, 0.2) is 17.5 Å². The summed E-state index contributed by atoms with van der Waals surface area (Å²) >= 11 is 8.45. The van der Waals surface area contributed by atoms with Crippen molar-refractivity contribution in [3.8, 4) is 0 Å². The van der Waals surface area contributed by atoms with E-state index in [9.17, 15) is 4.79 Å². The van der Waals surface area contributed by atoms with Crippen LogP contribution in [-0.4, -0.2) is 53.3 Å². The summed E-state index contributed by atoms with van der Waals surface area (Å²) < 4.78 is 2.71. The number of amides is 1. The van der Waals surface area contributed by atoms with E-state index in [1.165, 1.54) is 27.6 Å². The van der Waals surface area contributed by atoms with Crippen molar-refractivity contribution in [2.45, 2.75) is 20.0 Å². The zero-order valence-electron chi connectivity index (χ0n) is 13.7. The Labute approximate surface area is 154 Å². The lowest BCUT2D eigenvalue weighted by Crippen LogP contribution is -3.14. The Morgan fingerprint density at radius 3 is 2.92 bits per heavy atom. The van der Waals surface area contributed by atoms with Crippen LogP contribution in [0.4, 0.5) is 5.13 Å². The zero-order valence-corrected chi connectivity index (χ0v) is 16.1. The molecule has 6 nitrogen and oxygen atoms in total. The first-order valence-electron chi connectivity index (χ1n) is 8.15. The number of quaternary nitrogens is 1. The second-order valence-corrected chi connectivity index (χ2v) is 8.35. The first kappa shape index (κ1) is 17.5. The molecule has 0 spiro atoms. The second kappa shape index (κ2) is 8.19. The van der Waals surface area contributed by atoms with Crippen LogP contribution in [0.1, 0.15) is 23.0 Å². The average Bonchev–Trinajstić information content (AvgIpc) is 3.24. The van der Waals surface area contributed by atoms with Gasteiger partial charge in [0.2, 0.25) is 5.13 Å². The lowest BCUT2D eigenvalue weighted by atomic mass is 10.3. The van der Waals surface area contributed by atoms with Gasteiger partial charge in [0.05, 0.1) is 31.1 Å². The summed E-state index contributed by atoms with van der Waals surface area (Å²) in [7, 11) is 0. The SMILES string of the molecule is CCCNc1nn(C[NH+]2CCN(C(=O)c3cccs3)CC2)c(=S)s1. The molecule has 1 aliphatic heterocycles. The third kappa shape index (κ3) is 4.21. The minimum absolute atomic E-state index is 0.153. The zero-order chi connectivity index (χ0) is 16.9. The van der Waals surface area contributed by atoms with Crippen molar-refractivity contribution in [3.63, 3.8) is 0 Å². The van der Waals surface area contributed by atoms with Gasteiger partial charge in [0.25, 0.3) is 5.91 Å². The molecule has 2 aromatic heterocycles. The summed E-state index contributed by atoms with van der Waals surface area (Å²) in [5.74, 6) is 0.153. The van der Waals surface area contributed by atoms with E-state index in [-0.39, 0.29) is 5.91 Å². The Hall–Kier alpha value is -1.29. The standard InChI is InChI=1S/C15H21N5OS3/c1-2-5-16-14-17-20(15(22)24-14)11-18-6-8-19(9-7-18)13(21)12-4-3-10-23-12/h3-4,10H,2,5-9,11H2,1H3,(H,16,17)/p+1. The Bertz CT molecular complexity index is 716. The van der Waals surface area contributed by atoms with Gasteiger partial charge in [-0.1, -0.05) is 24.3 Å². The third-order valence-corrected chi connectivity index (χ3v) is 6.12. The predicted molar refractivity (Wildman–Crippen MR) is 101 cm³/mol. The number of carbonyl (C=O) groups excluding carboxylic acids is 1. The quantitative estimate of drug-likeness (QED) is 0.742. The van der Waals surface area contributed by atoms with Gasteiger partial charge in [-0.15, -0.1) is 16.4 Å². The van der Waals surface area contributed by atoms with Crippen molar-refractivity contribution in [3.05, 3.63) is 26.3 Å². The molecule has 1 aliphatic rings. The molecule has 0 atom stereocenters. The van der Waals surface area contributed by atoms with Crippen LogP contribution in [0, 0.1) is 3.95 Å². The third-order valence-electron chi connectivity index (χ3n) is 4.00. The maximum absolute atomic E-state index is 12.4. The fourth-order valence-electron chi connectivity index (χ4n) is 2.66. The van der Waals surface area contributed by atoms with E-state index in [1.807, 2.05) is 27.1 Å². The maximum Gasteiger partial charge on any atom is 0.264 e. The Kier molecular flexibility index (Phi) is 5.99. The van der Waals surface area contributed by atoms with Crippen molar-refractivity contribution in [1.29, 1.82) is 0 Å². The van der Waals surface area contributed by atoms with Crippen LogP contribution >= 0.6 is 34.9 Å². The lowest BCUT2D eigenvalue weighted by Gasteiger charge is -2.31. The molecule has 0 saturated carbocycles. The van der Waals surface area contributed by atoms with Gasteiger partial charge in [-0.2, -0.15) is 4.68 Å². The Morgan fingerprint density at radius 1 is 1.46 bits per heavy atom. The number of piperazine rings is 1. The van der Waals surface area contributed by atoms with Gasteiger partial charge < -0.3 is 15.1 Å². The van der Waals surface area contributed by atoms with Gasteiger partial charge in [-0.05, 0) is 30.1 Å². The summed E-state index contributed by atoms with van der Waals surface area (Å²) in [5.41, 5.74) is 0. The Morgan fingerprint density at radius 2 is 2.25 bits per heavy atom. The van der Waals surface area contributed by atoms with Crippen LogP contribution in [0.25, 0.3) is 0 Å². The molecule has 3 rings (SSSR count). The topological polar surface area (TPSA) is 54.6 Å². The lowest BCUT2D eigenvalue weighted by molar-refractivity contribution is -0.927. The molecular formula is C15H22N5OS3+. The molecular weight excluding hydrogens is 362 g/mol. The summed E-state index contributed by atoms with van der Waals surface area (Å²) in [5, 5.41) is 10.7. The number of thiophene rings is 1. The molecule has 3 heterocycles.